The van der Waals surface area contributed by atoms with Crippen LogP contribution in [0.5, 0.6) is 0 Å². The molecule has 1 aliphatic carbocycles. The highest BCUT2D eigenvalue weighted by Crippen LogP contribution is 2.23. The summed E-state index contributed by atoms with van der Waals surface area (Å²) in [5.41, 5.74) is 0. The Morgan fingerprint density at radius 2 is 2.55 bits per heavy atom. The zero-order valence-corrected chi connectivity index (χ0v) is 7.01. The molecule has 0 aromatic rings. The van der Waals surface area contributed by atoms with Gasteiger partial charge in [0.25, 0.3) is 0 Å². The Balaban J connectivity index is 2.27. The van der Waals surface area contributed by atoms with Crippen LogP contribution in [0.1, 0.15) is 32.6 Å². The molecule has 63 valence electrons. The molecule has 1 fully saturated rings. The van der Waals surface area contributed by atoms with Crippen molar-refractivity contribution < 1.29 is 9.53 Å². The fourth-order valence-corrected chi connectivity index (χ4v) is 1.42. The van der Waals surface area contributed by atoms with Gasteiger partial charge in [-0.1, -0.05) is 12.8 Å². The summed E-state index contributed by atoms with van der Waals surface area (Å²) in [6.07, 6.45) is 6.42. The van der Waals surface area contributed by atoms with Crippen LogP contribution in [0.15, 0.2) is 0 Å². The molecule has 1 radical (unpaired) electrons. The Morgan fingerprint density at radius 3 is 3.09 bits per heavy atom. The largest absolute Gasteiger partial charge is 0.466 e. The predicted molar refractivity (Wildman–Crippen MR) is 42.9 cm³/mol. The van der Waals surface area contributed by atoms with Gasteiger partial charge in [-0.2, -0.15) is 0 Å². The zero-order chi connectivity index (χ0) is 8.10. The molecule has 1 rings (SSSR count). The van der Waals surface area contributed by atoms with E-state index in [0.29, 0.717) is 6.61 Å². The lowest BCUT2D eigenvalue weighted by Crippen LogP contribution is -2.20. The minimum absolute atomic E-state index is 0.0107. The summed E-state index contributed by atoms with van der Waals surface area (Å²) >= 11 is 0. The molecule has 0 bridgehead atoms. The molecule has 1 saturated carbocycles. The Bertz CT molecular complexity index is 126. The van der Waals surface area contributed by atoms with Crippen molar-refractivity contribution in [1.82, 2.24) is 0 Å². The molecule has 1 aliphatic rings. The van der Waals surface area contributed by atoms with E-state index in [4.69, 9.17) is 4.74 Å². The molecule has 0 aromatic carbocycles. The Labute approximate surface area is 67.9 Å². The van der Waals surface area contributed by atoms with Gasteiger partial charge in [0.2, 0.25) is 0 Å². The topological polar surface area (TPSA) is 26.3 Å². The third kappa shape index (κ3) is 2.52. The lowest BCUT2D eigenvalue weighted by atomic mass is 9.89. The summed E-state index contributed by atoms with van der Waals surface area (Å²) in [6, 6.07) is 0. The third-order valence-corrected chi connectivity index (χ3v) is 2.03. The lowest BCUT2D eigenvalue weighted by Gasteiger charge is -2.18. The second-order valence-electron chi connectivity index (χ2n) is 2.90. The van der Waals surface area contributed by atoms with Gasteiger partial charge in [0.05, 0.1) is 12.5 Å². The van der Waals surface area contributed by atoms with Crippen LogP contribution in [0.25, 0.3) is 0 Å². The second-order valence-corrected chi connectivity index (χ2v) is 2.90. The molecule has 0 aromatic heterocycles. The monoisotopic (exact) mass is 155 g/mol. The van der Waals surface area contributed by atoms with Crippen molar-refractivity contribution in [2.45, 2.75) is 32.6 Å². The number of ether oxygens (including phenoxy) is 1. The van der Waals surface area contributed by atoms with Gasteiger partial charge in [-0.15, -0.1) is 0 Å². The highest BCUT2D eigenvalue weighted by atomic mass is 16.5. The van der Waals surface area contributed by atoms with Crippen LogP contribution in [0.2, 0.25) is 0 Å². The second kappa shape index (κ2) is 4.37. The highest BCUT2D eigenvalue weighted by molar-refractivity contribution is 5.72. The predicted octanol–water partition coefficient (Wildman–Crippen LogP) is 1.94. The minimum Gasteiger partial charge on any atom is -0.466 e. The number of esters is 1. The average molecular weight is 155 g/mol. The quantitative estimate of drug-likeness (QED) is 0.570. The molecule has 0 saturated heterocycles. The minimum atomic E-state index is -0.0107. The molecule has 0 spiro atoms. The molecular weight excluding hydrogens is 140 g/mol. The number of hydrogen-bond donors (Lipinski definition) is 0. The average Bonchev–Trinajstić information content (AvgIpc) is 2.07. The number of carbonyl (C=O) groups excluding carboxylic acids is 1. The summed E-state index contributed by atoms with van der Waals surface area (Å²) in [7, 11) is 0. The molecule has 0 aliphatic heterocycles. The van der Waals surface area contributed by atoms with Crippen LogP contribution in [0.3, 0.4) is 0 Å². The van der Waals surface area contributed by atoms with Crippen molar-refractivity contribution in [2.75, 3.05) is 6.61 Å². The van der Waals surface area contributed by atoms with Gasteiger partial charge in [0, 0.05) is 0 Å². The third-order valence-electron chi connectivity index (χ3n) is 2.03. The molecule has 0 unspecified atom stereocenters. The number of hydrogen-bond acceptors (Lipinski definition) is 2. The van der Waals surface area contributed by atoms with Gasteiger partial charge in [0.15, 0.2) is 0 Å². The number of carbonyl (C=O) groups is 1. The molecular formula is C9H15O2. The Morgan fingerprint density at radius 1 is 1.73 bits per heavy atom. The van der Waals surface area contributed by atoms with Gasteiger partial charge in [-0.3, -0.25) is 4.79 Å². The summed E-state index contributed by atoms with van der Waals surface area (Å²) in [6.45, 7) is 2.36. The highest BCUT2D eigenvalue weighted by Gasteiger charge is 2.21. The molecule has 0 amide bonds. The molecule has 1 atom stereocenters. The maximum atomic E-state index is 11.2. The maximum Gasteiger partial charge on any atom is 0.308 e. The standard InChI is InChI=1S/C9H15O2/c1-2-11-9(10)8-6-4-3-5-7-8/h4,8H,2-3,5-7H2,1H3/t8-/m1/s1. The van der Waals surface area contributed by atoms with Crippen LogP contribution in [-0.2, 0) is 9.53 Å². The van der Waals surface area contributed by atoms with Crippen molar-refractivity contribution in [3.8, 4) is 0 Å². The van der Waals surface area contributed by atoms with Crippen molar-refractivity contribution in [3.63, 3.8) is 0 Å². The van der Waals surface area contributed by atoms with E-state index < -0.39 is 0 Å². The van der Waals surface area contributed by atoms with E-state index in [0.717, 1.165) is 25.7 Å². The van der Waals surface area contributed by atoms with E-state index in [2.05, 4.69) is 6.42 Å². The fraction of sp³-hybridized carbons (Fsp3) is 0.778. The van der Waals surface area contributed by atoms with E-state index in [-0.39, 0.29) is 11.9 Å². The van der Waals surface area contributed by atoms with Crippen molar-refractivity contribution in [3.05, 3.63) is 6.42 Å². The Hall–Kier alpha value is -0.530. The smallest absolute Gasteiger partial charge is 0.308 e. The van der Waals surface area contributed by atoms with Crippen LogP contribution in [0, 0.1) is 12.3 Å². The van der Waals surface area contributed by atoms with E-state index in [1.165, 1.54) is 0 Å². The molecule has 11 heavy (non-hydrogen) atoms. The zero-order valence-electron chi connectivity index (χ0n) is 7.01. The van der Waals surface area contributed by atoms with E-state index in [9.17, 15) is 4.79 Å². The van der Waals surface area contributed by atoms with Crippen molar-refractivity contribution >= 4 is 5.97 Å². The van der Waals surface area contributed by atoms with Crippen LogP contribution in [-0.4, -0.2) is 12.6 Å². The first kappa shape index (κ1) is 8.57. The van der Waals surface area contributed by atoms with Crippen LogP contribution < -0.4 is 0 Å². The van der Waals surface area contributed by atoms with E-state index >= 15 is 0 Å². The van der Waals surface area contributed by atoms with E-state index in [1.807, 2.05) is 6.92 Å². The normalized spacial score (nSPS) is 19.7. The van der Waals surface area contributed by atoms with E-state index in [1.54, 1.807) is 0 Å². The summed E-state index contributed by atoms with van der Waals surface area (Å²) < 4.78 is 4.92. The maximum absolute atomic E-state index is 11.2. The van der Waals surface area contributed by atoms with Gasteiger partial charge in [0.1, 0.15) is 0 Å². The molecule has 2 heteroatoms. The van der Waals surface area contributed by atoms with Gasteiger partial charge >= 0.3 is 5.97 Å². The van der Waals surface area contributed by atoms with Crippen molar-refractivity contribution in [1.29, 1.82) is 0 Å². The summed E-state index contributed by atoms with van der Waals surface area (Å²) in [4.78, 5) is 11.2. The van der Waals surface area contributed by atoms with Gasteiger partial charge in [-0.25, -0.2) is 0 Å². The summed E-state index contributed by atoms with van der Waals surface area (Å²) in [5.74, 6) is 0.146. The lowest BCUT2D eigenvalue weighted by molar-refractivity contribution is -0.148. The molecule has 0 heterocycles. The molecule has 2 nitrogen and oxygen atoms in total. The number of rotatable bonds is 2. The SMILES string of the molecule is CCOC(=O)[C@@H]1C[CH]CCC1. The Kier molecular flexibility index (Phi) is 3.40. The van der Waals surface area contributed by atoms with Crippen LogP contribution in [0.4, 0.5) is 0 Å². The van der Waals surface area contributed by atoms with Gasteiger partial charge < -0.3 is 4.74 Å². The van der Waals surface area contributed by atoms with Crippen molar-refractivity contribution in [2.24, 2.45) is 5.92 Å². The van der Waals surface area contributed by atoms with Gasteiger partial charge in [-0.05, 0) is 26.2 Å². The first-order chi connectivity index (χ1) is 5.34. The van der Waals surface area contributed by atoms with Crippen LogP contribution >= 0.6 is 0 Å². The fourth-order valence-electron chi connectivity index (χ4n) is 1.42. The first-order valence-corrected chi connectivity index (χ1v) is 4.33. The first-order valence-electron chi connectivity index (χ1n) is 4.33. The summed E-state index contributed by atoms with van der Waals surface area (Å²) in [5, 5.41) is 0. The molecule has 0 N–H and O–H groups in total.